The first-order chi connectivity index (χ1) is 14.1. The van der Waals surface area contributed by atoms with Crippen LogP contribution in [0.4, 0.5) is 0 Å². The third kappa shape index (κ3) is 4.04. The molecule has 6 aliphatic rings. The summed E-state index contributed by atoms with van der Waals surface area (Å²) in [4.78, 5) is 18.6. The van der Waals surface area contributed by atoms with Gasteiger partial charge in [0, 0.05) is 44.8 Å². The minimum absolute atomic E-state index is 0.0219. The van der Waals surface area contributed by atoms with E-state index in [9.17, 15) is 4.79 Å². The monoisotopic (exact) mass is 426 g/mol. The van der Waals surface area contributed by atoms with E-state index in [2.05, 4.69) is 31.2 Å². The normalized spacial score (nSPS) is 46.3. The van der Waals surface area contributed by atoms with Crippen LogP contribution in [0.15, 0.2) is 0 Å². The molecule has 9 nitrogen and oxygen atoms in total. The molecule has 0 saturated carbocycles. The Bertz CT molecular complexity index is 603. The lowest BCUT2D eigenvalue weighted by Gasteiger charge is -2.44. The molecule has 6 heterocycles. The first kappa shape index (κ1) is 20.4. The number of carbonyl (C=O) groups excluding carboxylic acids is 1. The van der Waals surface area contributed by atoms with Gasteiger partial charge in [0.15, 0.2) is 0 Å². The number of halogens is 1. The molecule has 10 heteroatoms. The average Bonchev–Trinajstić information content (AvgIpc) is 2.85. The van der Waals surface area contributed by atoms with Crippen molar-refractivity contribution in [1.29, 1.82) is 0 Å². The van der Waals surface area contributed by atoms with Crippen LogP contribution < -0.4 is 27.1 Å². The highest BCUT2D eigenvalue weighted by atomic mass is 35.5. The van der Waals surface area contributed by atoms with Crippen LogP contribution in [0, 0.1) is 5.92 Å². The lowest BCUT2D eigenvalue weighted by atomic mass is 9.93. The van der Waals surface area contributed by atoms with Crippen molar-refractivity contribution in [2.75, 3.05) is 52.4 Å². The Labute approximate surface area is 178 Å². The summed E-state index contributed by atoms with van der Waals surface area (Å²) in [6, 6.07) is 1.17. The molecule has 29 heavy (non-hydrogen) atoms. The van der Waals surface area contributed by atoms with Crippen molar-refractivity contribution < 1.29 is 4.79 Å². The number of nitrogens with zero attached hydrogens (tertiary/aromatic N) is 3. The van der Waals surface area contributed by atoms with Gasteiger partial charge in [-0.25, -0.2) is 10.4 Å². The average molecular weight is 427 g/mol. The number of hydrogen-bond acceptors (Lipinski definition) is 8. The van der Waals surface area contributed by atoms with E-state index in [0.29, 0.717) is 25.2 Å². The molecule has 0 aromatic heterocycles. The van der Waals surface area contributed by atoms with Crippen molar-refractivity contribution in [2.45, 2.75) is 55.1 Å². The predicted molar refractivity (Wildman–Crippen MR) is 112 cm³/mol. The number of alkyl halides is 1. The highest BCUT2D eigenvalue weighted by Crippen LogP contribution is 2.27. The van der Waals surface area contributed by atoms with Crippen molar-refractivity contribution in [1.82, 2.24) is 36.2 Å². The molecule has 1 amide bonds. The fraction of sp³-hybridized carbons (Fsp3) is 0.947. The van der Waals surface area contributed by atoms with Crippen LogP contribution in [0.25, 0.3) is 0 Å². The summed E-state index contributed by atoms with van der Waals surface area (Å²) in [5, 5.41) is 12.3. The smallest absolute Gasteiger partial charge is 0.229 e. The summed E-state index contributed by atoms with van der Waals surface area (Å²) in [5.74, 6) is -0.285. The maximum atomic E-state index is 13.3. The van der Waals surface area contributed by atoms with Gasteiger partial charge in [0.2, 0.25) is 5.91 Å². The number of hydrazine groups is 1. The molecular formula is C19H35ClN8O. The minimum Gasteiger partial charge on any atom is -0.350 e. The van der Waals surface area contributed by atoms with Crippen LogP contribution in [-0.2, 0) is 4.79 Å². The molecule has 6 unspecified atom stereocenters. The van der Waals surface area contributed by atoms with E-state index in [1.807, 2.05) is 5.01 Å². The predicted octanol–water partition coefficient (Wildman–Crippen LogP) is -2.13. The van der Waals surface area contributed by atoms with Gasteiger partial charge in [0.25, 0.3) is 0 Å². The molecule has 0 aromatic rings. The third-order valence-corrected chi connectivity index (χ3v) is 7.82. The molecule has 164 valence electrons. The summed E-state index contributed by atoms with van der Waals surface area (Å²) < 4.78 is 0. The molecule has 6 saturated heterocycles. The van der Waals surface area contributed by atoms with E-state index in [1.54, 1.807) is 0 Å². The Morgan fingerprint density at radius 3 is 2.76 bits per heavy atom. The maximum absolute atomic E-state index is 13.3. The Morgan fingerprint density at radius 1 is 1.10 bits per heavy atom. The first-order valence-electron chi connectivity index (χ1n) is 11.2. The molecule has 6 rings (SSSR count). The number of nitrogens with one attached hydrogen (secondary N) is 4. The van der Waals surface area contributed by atoms with E-state index < -0.39 is 6.17 Å². The molecular weight excluding hydrogens is 392 g/mol. The Kier molecular flexibility index (Phi) is 6.01. The van der Waals surface area contributed by atoms with Crippen molar-refractivity contribution in [2.24, 2.45) is 11.7 Å². The Morgan fingerprint density at radius 2 is 1.93 bits per heavy atom. The van der Waals surface area contributed by atoms with Crippen molar-refractivity contribution in [3.63, 3.8) is 0 Å². The lowest BCUT2D eigenvalue weighted by Crippen LogP contribution is -2.64. The number of nitrogens with two attached hydrogens (primary N) is 1. The summed E-state index contributed by atoms with van der Waals surface area (Å²) in [5.41, 5.74) is 9.54. The highest BCUT2D eigenvalue weighted by Gasteiger charge is 2.48. The molecule has 2 bridgehead atoms. The second-order valence-corrected chi connectivity index (χ2v) is 9.89. The number of piperidine rings is 2. The van der Waals surface area contributed by atoms with Gasteiger partial charge in [-0.3, -0.25) is 15.0 Å². The molecule has 6 N–H and O–H groups in total. The first-order valence-corrected chi connectivity index (χ1v) is 11.7. The number of hydrogen-bond donors (Lipinski definition) is 5. The molecule has 0 aliphatic carbocycles. The quantitative estimate of drug-likeness (QED) is 0.326. The second-order valence-electron chi connectivity index (χ2n) is 9.27. The van der Waals surface area contributed by atoms with Gasteiger partial charge in [0.1, 0.15) is 0 Å². The van der Waals surface area contributed by atoms with Crippen molar-refractivity contribution in [3.05, 3.63) is 0 Å². The standard InChI is InChI=1S/C19H35ClN8O/c20-12-9-23-18-16(17(21)25-28(18)11-12)19(29)24-14-10-22-4-1-15(14)27-8-7-26-5-2-13(27)3-6-26/h12-18,22-23,25H,1-11,21H2,(H,24,29). The summed E-state index contributed by atoms with van der Waals surface area (Å²) in [6.45, 7) is 7.93. The lowest BCUT2D eigenvalue weighted by molar-refractivity contribution is -0.128. The summed E-state index contributed by atoms with van der Waals surface area (Å²) in [7, 11) is 0. The van der Waals surface area contributed by atoms with Gasteiger partial charge in [-0.15, -0.1) is 11.6 Å². The number of fused-ring (bicyclic) bond motifs is 5. The van der Waals surface area contributed by atoms with E-state index in [-0.39, 0.29) is 29.4 Å². The zero-order valence-corrected chi connectivity index (χ0v) is 17.8. The molecule has 6 atom stereocenters. The van der Waals surface area contributed by atoms with Crippen LogP contribution in [0.2, 0.25) is 0 Å². The van der Waals surface area contributed by atoms with Crippen molar-refractivity contribution in [3.8, 4) is 0 Å². The third-order valence-electron chi connectivity index (χ3n) is 7.52. The summed E-state index contributed by atoms with van der Waals surface area (Å²) in [6.07, 6.45) is 3.09. The number of carbonyl (C=O) groups is 1. The Hall–Kier alpha value is -0.520. The Balaban J connectivity index is 1.27. The molecule has 0 radical (unpaired) electrons. The topological polar surface area (TPSA) is 101 Å². The van der Waals surface area contributed by atoms with E-state index in [1.165, 1.54) is 25.9 Å². The van der Waals surface area contributed by atoms with Gasteiger partial charge < -0.3 is 21.3 Å². The van der Waals surface area contributed by atoms with Gasteiger partial charge in [-0.05, 0) is 38.9 Å². The maximum Gasteiger partial charge on any atom is 0.229 e. The number of amides is 1. The van der Waals surface area contributed by atoms with Gasteiger partial charge >= 0.3 is 0 Å². The van der Waals surface area contributed by atoms with E-state index >= 15 is 0 Å². The second kappa shape index (κ2) is 8.55. The van der Waals surface area contributed by atoms with Crippen LogP contribution in [0.1, 0.15) is 19.3 Å². The van der Waals surface area contributed by atoms with Crippen molar-refractivity contribution >= 4 is 17.5 Å². The van der Waals surface area contributed by atoms with Crippen LogP contribution in [-0.4, -0.2) is 109 Å². The van der Waals surface area contributed by atoms with Crippen LogP contribution in [0.3, 0.4) is 0 Å². The minimum atomic E-state index is -0.397. The van der Waals surface area contributed by atoms with Crippen LogP contribution >= 0.6 is 11.6 Å². The fourth-order valence-electron chi connectivity index (χ4n) is 6.00. The highest BCUT2D eigenvalue weighted by molar-refractivity contribution is 6.21. The zero-order valence-electron chi connectivity index (χ0n) is 17.0. The molecule has 0 aromatic carbocycles. The molecule has 6 aliphatic heterocycles. The van der Waals surface area contributed by atoms with Gasteiger partial charge in [-0.2, -0.15) is 0 Å². The largest absolute Gasteiger partial charge is 0.350 e. The van der Waals surface area contributed by atoms with Gasteiger partial charge in [-0.1, -0.05) is 0 Å². The van der Waals surface area contributed by atoms with E-state index in [0.717, 1.165) is 32.6 Å². The fourth-order valence-corrected chi connectivity index (χ4v) is 6.24. The zero-order chi connectivity index (χ0) is 20.0. The SMILES string of the molecule is NC1NN2CC(Cl)CNC2C1C(=O)NC1CNCCC1N1CCN2CCC1CC2. The number of rotatable bonds is 3. The summed E-state index contributed by atoms with van der Waals surface area (Å²) >= 11 is 6.26. The molecule has 6 fully saturated rings. The van der Waals surface area contributed by atoms with E-state index in [4.69, 9.17) is 17.3 Å². The van der Waals surface area contributed by atoms with Crippen LogP contribution in [0.5, 0.6) is 0 Å². The van der Waals surface area contributed by atoms with Gasteiger partial charge in [0.05, 0.1) is 29.7 Å². The molecule has 0 spiro atoms.